The Morgan fingerprint density at radius 2 is 1.81 bits per heavy atom. The number of nitrogens with one attached hydrogen (secondary N) is 1. The summed E-state index contributed by atoms with van der Waals surface area (Å²) in [4.78, 5) is 12.7. The van der Waals surface area contributed by atoms with E-state index in [1.54, 1.807) is 44.2 Å². The molecule has 2 aromatic rings. The molecule has 0 spiro atoms. The van der Waals surface area contributed by atoms with Gasteiger partial charge in [0.05, 0.1) is 6.61 Å². The van der Waals surface area contributed by atoms with Crippen LogP contribution in [0.15, 0.2) is 53.4 Å². The zero-order valence-corrected chi connectivity index (χ0v) is 16.7. The number of ether oxygens (including phenoxy) is 1. The molecule has 1 unspecified atom stereocenters. The topological polar surface area (TPSA) is 102 Å². The van der Waals surface area contributed by atoms with Gasteiger partial charge < -0.3 is 15.8 Å². The third-order valence-electron chi connectivity index (χ3n) is 4.11. The highest BCUT2D eigenvalue weighted by Gasteiger charge is 2.31. The van der Waals surface area contributed by atoms with Crippen LogP contribution in [0.1, 0.15) is 19.4 Å². The van der Waals surface area contributed by atoms with E-state index in [0.717, 1.165) is 4.31 Å². The number of sulfonamides is 1. The van der Waals surface area contributed by atoms with E-state index in [4.69, 9.17) is 10.5 Å². The van der Waals surface area contributed by atoms with Gasteiger partial charge in [-0.05, 0) is 37.6 Å². The van der Waals surface area contributed by atoms with Crippen molar-refractivity contribution in [3.63, 3.8) is 0 Å². The molecule has 0 radical (unpaired) electrons. The first kappa shape index (κ1) is 20.9. The number of nitrogens with zero attached hydrogens (tertiary/aromatic N) is 1. The van der Waals surface area contributed by atoms with Gasteiger partial charge in [-0.2, -0.15) is 0 Å². The predicted molar refractivity (Wildman–Crippen MR) is 105 cm³/mol. The Balaban J connectivity index is 2.38. The molecule has 1 atom stereocenters. The highest BCUT2D eigenvalue weighted by Crippen LogP contribution is 2.30. The third-order valence-corrected chi connectivity index (χ3v) is 5.94. The number of amides is 1. The summed E-state index contributed by atoms with van der Waals surface area (Å²) in [7, 11) is -0.883. The third kappa shape index (κ3) is 4.47. The first-order valence-electron chi connectivity index (χ1n) is 8.46. The summed E-state index contributed by atoms with van der Waals surface area (Å²) in [5.41, 5.74) is 5.90. The maximum Gasteiger partial charge on any atom is 0.248 e. The number of carbonyl (C=O) groups excluding carboxylic acids is 1. The summed E-state index contributed by atoms with van der Waals surface area (Å²) in [5, 5.41) is 2.70. The summed E-state index contributed by atoms with van der Waals surface area (Å²) < 4.78 is 31.7. The van der Waals surface area contributed by atoms with Crippen LogP contribution in [0.2, 0.25) is 0 Å². The van der Waals surface area contributed by atoms with Crippen molar-refractivity contribution in [3.05, 3.63) is 54.1 Å². The van der Waals surface area contributed by atoms with E-state index in [0.29, 0.717) is 17.9 Å². The van der Waals surface area contributed by atoms with Crippen molar-refractivity contribution in [2.24, 2.45) is 5.73 Å². The van der Waals surface area contributed by atoms with Gasteiger partial charge in [-0.3, -0.25) is 4.79 Å². The summed E-state index contributed by atoms with van der Waals surface area (Å²) >= 11 is 0. The first-order valence-corrected chi connectivity index (χ1v) is 9.90. The second-order valence-corrected chi connectivity index (χ2v) is 8.52. The molecule has 0 saturated carbocycles. The monoisotopic (exact) mass is 391 g/mol. The fourth-order valence-corrected chi connectivity index (χ4v) is 3.49. The fourth-order valence-electron chi connectivity index (χ4n) is 2.44. The average molecular weight is 391 g/mol. The van der Waals surface area contributed by atoms with E-state index in [-0.39, 0.29) is 10.6 Å². The van der Waals surface area contributed by atoms with Gasteiger partial charge in [-0.15, -0.1) is 0 Å². The summed E-state index contributed by atoms with van der Waals surface area (Å²) in [6.07, 6.45) is 0. The van der Waals surface area contributed by atoms with Crippen LogP contribution in [0, 0.1) is 0 Å². The number of hydrogen-bond acceptors (Lipinski definition) is 5. The Bertz CT molecular complexity index is 910. The fraction of sp³-hybridized carbons (Fsp3) is 0.316. The maximum atomic E-state index is 12.7. The van der Waals surface area contributed by atoms with Gasteiger partial charge in [0.1, 0.15) is 16.2 Å². The molecule has 146 valence electrons. The Morgan fingerprint density at radius 1 is 1.19 bits per heavy atom. The second kappa shape index (κ2) is 8.08. The number of carbonyl (C=O) groups is 1. The number of rotatable bonds is 7. The number of nitrogens with two attached hydrogens (primary N) is 1. The molecule has 0 saturated heterocycles. The molecule has 0 aromatic heterocycles. The van der Waals surface area contributed by atoms with Gasteiger partial charge in [-0.25, -0.2) is 12.7 Å². The van der Waals surface area contributed by atoms with Gasteiger partial charge in [0.25, 0.3) is 0 Å². The van der Waals surface area contributed by atoms with Crippen LogP contribution in [-0.2, 0) is 20.4 Å². The van der Waals surface area contributed by atoms with Crippen molar-refractivity contribution in [1.29, 1.82) is 0 Å². The highest BCUT2D eigenvalue weighted by molar-refractivity contribution is 7.89. The molecule has 2 aromatic carbocycles. The minimum absolute atomic E-state index is 0.0226. The average Bonchev–Trinajstić information content (AvgIpc) is 2.63. The Kier molecular flexibility index (Phi) is 6.25. The largest absolute Gasteiger partial charge is 0.492 e. The zero-order chi connectivity index (χ0) is 20.2. The summed E-state index contributed by atoms with van der Waals surface area (Å²) in [6, 6.07) is 13.4. The molecule has 0 fully saturated rings. The Labute approximate surface area is 160 Å². The van der Waals surface area contributed by atoms with Crippen LogP contribution in [0.25, 0.3) is 0 Å². The quantitative estimate of drug-likeness (QED) is 0.753. The molecule has 0 bridgehead atoms. The molecule has 0 aliphatic carbocycles. The standard InChI is InChI=1S/C19H25N3O4S/c1-5-26-16-12-11-15(13-17(16)27(24,25)22(3)4)21-18(23)19(2,20)14-9-7-6-8-10-14/h6-13H,5,20H2,1-4H3,(H,21,23). The molecule has 2 rings (SSSR count). The molecule has 27 heavy (non-hydrogen) atoms. The second-order valence-electron chi connectivity index (χ2n) is 6.40. The summed E-state index contributed by atoms with van der Waals surface area (Å²) in [5.74, 6) is -0.228. The lowest BCUT2D eigenvalue weighted by Crippen LogP contribution is -2.45. The van der Waals surface area contributed by atoms with E-state index < -0.39 is 21.5 Å². The van der Waals surface area contributed by atoms with Crippen molar-refractivity contribution in [2.75, 3.05) is 26.0 Å². The van der Waals surface area contributed by atoms with Crippen molar-refractivity contribution in [2.45, 2.75) is 24.3 Å². The molecule has 0 aliphatic rings. The molecule has 7 nitrogen and oxygen atoms in total. The lowest BCUT2D eigenvalue weighted by Gasteiger charge is -2.24. The van der Waals surface area contributed by atoms with Crippen molar-refractivity contribution < 1.29 is 17.9 Å². The van der Waals surface area contributed by atoms with Crippen LogP contribution >= 0.6 is 0 Å². The van der Waals surface area contributed by atoms with E-state index in [9.17, 15) is 13.2 Å². The molecular formula is C19H25N3O4S. The summed E-state index contributed by atoms with van der Waals surface area (Å²) in [6.45, 7) is 3.68. The van der Waals surface area contributed by atoms with E-state index >= 15 is 0 Å². The smallest absolute Gasteiger partial charge is 0.248 e. The van der Waals surface area contributed by atoms with Crippen LogP contribution in [0.3, 0.4) is 0 Å². The zero-order valence-electron chi connectivity index (χ0n) is 15.9. The number of benzene rings is 2. The van der Waals surface area contributed by atoms with Gasteiger partial charge in [0.15, 0.2) is 0 Å². The minimum Gasteiger partial charge on any atom is -0.492 e. The van der Waals surface area contributed by atoms with Gasteiger partial charge >= 0.3 is 0 Å². The van der Waals surface area contributed by atoms with Crippen molar-refractivity contribution in [3.8, 4) is 5.75 Å². The van der Waals surface area contributed by atoms with E-state index in [1.165, 1.54) is 26.2 Å². The molecule has 3 N–H and O–H groups in total. The van der Waals surface area contributed by atoms with Crippen LogP contribution in [0.5, 0.6) is 5.75 Å². The van der Waals surface area contributed by atoms with Crippen LogP contribution in [-0.4, -0.2) is 39.3 Å². The van der Waals surface area contributed by atoms with Crippen molar-refractivity contribution in [1.82, 2.24) is 4.31 Å². The SMILES string of the molecule is CCOc1ccc(NC(=O)C(C)(N)c2ccccc2)cc1S(=O)(=O)N(C)C. The lowest BCUT2D eigenvalue weighted by molar-refractivity contribution is -0.120. The van der Waals surface area contributed by atoms with Crippen LogP contribution in [0.4, 0.5) is 5.69 Å². The number of anilines is 1. The predicted octanol–water partition coefficient (Wildman–Crippen LogP) is 2.15. The lowest BCUT2D eigenvalue weighted by atomic mass is 9.92. The first-order chi connectivity index (χ1) is 12.6. The maximum absolute atomic E-state index is 12.7. The van der Waals surface area contributed by atoms with Gasteiger partial charge in [-0.1, -0.05) is 30.3 Å². The molecule has 8 heteroatoms. The minimum atomic E-state index is -3.75. The molecule has 0 aliphatic heterocycles. The Morgan fingerprint density at radius 3 is 2.37 bits per heavy atom. The molecule has 1 amide bonds. The normalized spacial score (nSPS) is 13.9. The highest BCUT2D eigenvalue weighted by atomic mass is 32.2. The van der Waals surface area contributed by atoms with E-state index in [2.05, 4.69) is 5.32 Å². The van der Waals surface area contributed by atoms with Crippen molar-refractivity contribution >= 4 is 21.6 Å². The van der Waals surface area contributed by atoms with E-state index in [1.807, 2.05) is 6.07 Å². The molecule has 0 heterocycles. The van der Waals surface area contributed by atoms with Gasteiger partial charge in [0.2, 0.25) is 15.9 Å². The molecular weight excluding hydrogens is 366 g/mol. The van der Waals surface area contributed by atoms with Gasteiger partial charge in [0, 0.05) is 19.8 Å². The number of hydrogen-bond donors (Lipinski definition) is 2. The Hall–Kier alpha value is -2.42. The van der Waals surface area contributed by atoms with Crippen LogP contribution < -0.4 is 15.8 Å².